The Morgan fingerprint density at radius 1 is 1.25 bits per heavy atom. The minimum absolute atomic E-state index is 0.258. The van der Waals surface area contributed by atoms with Crippen LogP contribution < -0.4 is 11.1 Å². The molecular formula is C16H17N3O. The van der Waals surface area contributed by atoms with Crippen LogP contribution in [-0.4, -0.2) is 11.0 Å². The van der Waals surface area contributed by atoms with E-state index in [-0.39, 0.29) is 6.04 Å². The minimum Gasteiger partial charge on any atom is -0.469 e. The zero-order valence-corrected chi connectivity index (χ0v) is 11.3. The number of hydrogen-bond donors (Lipinski definition) is 2. The van der Waals surface area contributed by atoms with Gasteiger partial charge in [0.15, 0.2) is 0 Å². The van der Waals surface area contributed by atoms with Crippen LogP contribution in [0.2, 0.25) is 0 Å². The van der Waals surface area contributed by atoms with Crippen molar-refractivity contribution in [3.05, 3.63) is 54.6 Å². The quantitative estimate of drug-likeness (QED) is 0.711. The first-order valence-corrected chi connectivity index (χ1v) is 6.66. The maximum absolute atomic E-state index is 5.96. The highest BCUT2D eigenvalue weighted by Gasteiger charge is 2.09. The molecule has 0 saturated heterocycles. The van der Waals surface area contributed by atoms with Crippen LogP contribution in [0.4, 0.5) is 11.4 Å². The minimum atomic E-state index is 0.258. The lowest BCUT2D eigenvalue weighted by atomic mass is 10.1. The number of para-hydroxylation sites is 1. The summed E-state index contributed by atoms with van der Waals surface area (Å²) >= 11 is 0. The Morgan fingerprint density at radius 3 is 2.95 bits per heavy atom. The lowest BCUT2D eigenvalue weighted by Crippen LogP contribution is -2.18. The molecular weight excluding hydrogens is 250 g/mol. The van der Waals surface area contributed by atoms with E-state index in [0.717, 1.165) is 28.8 Å². The number of anilines is 2. The number of hydrogen-bond acceptors (Lipinski definition) is 4. The van der Waals surface area contributed by atoms with Crippen LogP contribution in [-0.2, 0) is 6.42 Å². The van der Waals surface area contributed by atoms with Crippen molar-refractivity contribution < 1.29 is 4.42 Å². The molecule has 2 aromatic heterocycles. The third kappa shape index (κ3) is 2.45. The van der Waals surface area contributed by atoms with E-state index in [1.807, 2.05) is 36.4 Å². The van der Waals surface area contributed by atoms with Crippen LogP contribution in [0.1, 0.15) is 12.7 Å². The zero-order valence-electron chi connectivity index (χ0n) is 11.3. The second kappa shape index (κ2) is 5.25. The van der Waals surface area contributed by atoms with Crippen molar-refractivity contribution in [2.75, 3.05) is 11.1 Å². The van der Waals surface area contributed by atoms with Gasteiger partial charge in [-0.15, -0.1) is 0 Å². The summed E-state index contributed by atoms with van der Waals surface area (Å²) in [6.07, 6.45) is 4.31. The van der Waals surface area contributed by atoms with Crippen LogP contribution in [0.15, 0.2) is 53.3 Å². The Bertz CT molecular complexity index is 707. The van der Waals surface area contributed by atoms with Crippen LogP contribution in [0.25, 0.3) is 10.9 Å². The Labute approximate surface area is 117 Å². The Kier molecular flexibility index (Phi) is 3.29. The lowest BCUT2D eigenvalue weighted by Gasteiger charge is -2.16. The van der Waals surface area contributed by atoms with Crippen molar-refractivity contribution in [1.82, 2.24) is 4.98 Å². The summed E-state index contributed by atoms with van der Waals surface area (Å²) in [4.78, 5) is 4.34. The molecule has 0 amide bonds. The molecule has 3 rings (SSSR count). The average molecular weight is 267 g/mol. The molecule has 2 heterocycles. The molecule has 0 aliphatic carbocycles. The van der Waals surface area contributed by atoms with E-state index in [0.29, 0.717) is 5.69 Å². The van der Waals surface area contributed by atoms with Crippen molar-refractivity contribution in [1.29, 1.82) is 0 Å². The summed E-state index contributed by atoms with van der Waals surface area (Å²) in [5, 5.41) is 4.54. The third-order valence-corrected chi connectivity index (χ3v) is 3.29. The van der Waals surface area contributed by atoms with Gasteiger partial charge in [0.1, 0.15) is 5.76 Å². The maximum atomic E-state index is 5.96. The Hall–Kier alpha value is -2.49. The molecule has 4 nitrogen and oxygen atoms in total. The first-order chi connectivity index (χ1) is 9.74. The Morgan fingerprint density at radius 2 is 2.15 bits per heavy atom. The molecule has 0 spiro atoms. The van der Waals surface area contributed by atoms with Gasteiger partial charge in [-0.1, -0.05) is 12.1 Å². The van der Waals surface area contributed by atoms with Gasteiger partial charge in [0.2, 0.25) is 0 Å². The fourth-order valence-corrected chi connectivity index (χ4v) is 2.37. The monoisotopic (exact) mass is 267 g/mol. The van der Waals surface area contributed by atoms with Gasteiger partial charge in [-0.3, -0.25) is 4.98 Å². The van der Waals surface area contributed by atoms with Crippen LogP contribution >= 0.6 is 0 Å². The van der Waals surface area contributed by atoms with Crippen LogP contribution in [0.5, 0.6) is 0 Å². The Balaban J connectivity index is 1.85. The van der Waals surface area contributed by atoms with E-state index >= 15 is 0 Å². The van der Waals surface area contributed by atoms with E-state index in [9.17, 15) is 0 Å². The highest BCUT2D eigenvalue weighted by molar-refractivity contribution is 5.97. The van der Waals surface area contributed by atoms with E-state index in [1.165, 1.54) is 0 Å². The van der Waals surface area contributed by atoms with Crippen molar-refractivity contribution in [2.45, 2.75) is 19.4 Å². The van der Waals surface area contributed by atoms with Crippen molar-refractivity contribution in [3.8, 4) is 0 Å². The smallest absolute Gasteiger partial charge is 0.105 e. The van der Waals surface area contributed by atoms with Gasteiger partial charge < -0.3 is 15.5 Å². The van der Waals surface area contributed by atoms with Crippen molar-refractivity contribution in [2.24, 2.45) is 0 Å². The molecule has 0 aliphatic rings. The average Bonchev–Trinajstić information content (AvgIpc) is 2.93. The first-order valence-electron chi connectivity index (χ1n) is 6.66. The molecule has 1 atom stereocenters. The highest BCUT2D eigenvalue weighted by atomic mass is 16.3. The summed E-state index contributed by atoms with van der Waals surface area (Å²) in [6.45, 7) is 2.13. The standard InChI is InChI=1S/C16H17N3O/c1-11(10-12-4-3-9-20-12)19-15-7-8-18-16-13(15)5-2-6-14(16)17/h2-9,11H,10,17H2,1H3,(H,18,19). The summed E-state index contributed by atoms with van der Waals surface area (Å²) in [5.41, 5.74) is 8.54. The number of benzene rings is 1. The first kappa shape index (κ1) is 12.5. The van der Waals surface area contributed by atoms with Gasteiger partial charge in [0.25, 0.3) is 0 Å². The number of pyridine rings is 1. The number of nitrogens with zero attached hydrogens (tertiary/aromatic N) is 1. The number of furan rings is 1. The molecule has 3 N–H and O–H groups in total. The predicted octanol–water partition coefficient (Wildman–Crippen LogP) is 3.45. The number of rotatable bonds is 4. The van der Waals surface area contributed by atoms with Crippen LogP contribution in [0, 0.1) is 0 Å². The SMILES string of the molecule is CC(Cc1ccco1)Nc1ccnc2c(N)cccc12. The molecule has 0 radical (unpaired) electrons. The summed E-state index contributed by atoms with van der Waals surface area (Å²) in [5.74, 6) is 0.975. The van der Waals surface area contributed by atoms with E-state index < -0.39 is 0 Å². The van der Waals surface area contributed by atoms with E-state index in [1.54, 1.807) is 12.5 Å². The molecule has 4 heteroatoms. The van der Waals surface area contributed by atoms with E-state index in [4.69, 9.17) is 10.2 Å². The predicted molar refractivity (Wildman–Crippen MR) is 81.7 cm³/mol. The largest absolute Gasteiger partial charge is 0.469 e. The third-order valence-electron chi connectivity index (χ3n) is 3.29. The number of nitrogen functional groups attached to an aromatic ring is 1. The molecule has 3 aromatic rings. The van der Waals surface area contributed by atoms with Gasteiger partial charge in [0.05, 0.1) is 17.5 Å². The molecule has 0 saturated carbocycles. The van der Waals surface area contributed by atoms with Crippen molar-refractivity contribution in [3.63, 3.8) is 0 Å². The van der Waals surface area contributed by atoms with Gasteiger partial charge in [-0.2, -0.15) is 0 Å². The second-order valence-corrected chi connectivity index (χ2v) is 4.93. The number of fused-ring (bicyclic) bond motifs is 1. The summed E-state index contributed by atoms with van der Waals surface area (Å²) in [7, 11) is 0. The number of nitrogens with two attached hydrogens (primary N) is 1. The fraction of sp³-hybridized carbons (Fsp3) is 0.188. The molecule has 102 valence electrons. The number of nitrogens with one attached hydrogen (secondary N) is 1. The zero-order chi connectivity index (χ0) is 13.9. The van der Waals surface area contributed by atoms with Gasteiger partial charge in [-0.25, -0.2) is 0 Å². The number of aromatic nitrogens is 1. The second-order valence-electron chi connectivity index (χ2n) is 4.93. The molecule has 1 unspecified atom stereocenters. The lowest BCUT2D eigenvalue weighted by molar-refractivity contribution is 0.498. The fourth-order valence-electron chi connectivity index (χ4n) is 2.37. The van der Waals surface area contributed by atoms with E-state index in [2.05, 4.69) is 17.2 Å². The van der Waals surface area contributed by atoms with Gasteiger partial charge in [-0.05, 0) is 31.2 Å². The molecule has 0 bridgehead atoms. The molecule has 0 aliphatic heterocycles. The molecule has 0 fully saturated rings. The van der Waals surface area contributed by atoms with Crippen LogP contribution in [0.3, 0.4) is 0 Å². The highest BCUT2D eigenvalue weighted by Crippen LogP contribution is 2.26. The van der Waals surface area contributed by atoms with Crippen molar-refractivity contribution >= 4 is 22.3 Å². The molecule has 1 aromatic carbocycles. The summed E-state index contributed by atoms with van der Waals surface area (Å²) < 4.78 is 5.38. The maximum Gasteiger partial charge on any atom is 0.105 e. The topological polar surface area (TPSA) is 64.1 Å². The molecule has 20 heavy (non-hydrogen) atoms. The normalized spacial score (nSPS) is 12.4. The van der Waals surface area contributed by atoms with Gasteiger partial charge in [0, 0.05) is 29.7 Å². The van der Waals surface area contributed by atoms with Gasteiger partial charge >= 0.3 is 0 Å². The summed E-state index contributed by atoms with van der Waals surface area (Å²) in [6, 6.07) is 12.0.